The van der Waals surface area contributed by atoms with Gasteiger partial charge in [-0.15, -0.1) is 0 Å². The average Bonchev–Trinajstić information content (AvgIpc) is 2.90. The molecule has 0 aromatic heterocycles. The number of anilines is 1. The number of nitrogens with one attached hydrogen (secondary N) is 1. The van der Waals surface area contributed by atoms with Gasteiger partial charge in [-0.1, -0.05) is 15.9 Å². The van der Waals surface area contributed by atoms with Crippen LogP contribution < -0.4 is 5.32 Å². The number of amides is 2. The molecule has 9 heteroatoms. The molecule has 1 aromatic carbocycles. The Kier molecular flexibility index (Phi) is 6.59. The van der Waals surface area contributed by atoms with Crippen LogP contribution >= 0.6 is 15.9 Å². The lowest BCUT2D eigenvalue weighted by molar-refractivity contribution is -0.144. The van der Waals surface area contributed by atoms with Crippen molar-refractivity contribution in [3.05, 3.63) is 28.2 Å². The monoisotopic (exact) mass is 432 g/mol. The Balaban J connectivity index is 2.13. The third-order valence-corrected chi connectivity index (χ3v) is 6.32. The van der Waals surface area contributed by atoms with Crippen molar-refractivity contribution in [3.63, 3.8) is 0 Å². The second-order valence-corrected chi connectivity index (χ2v) is 9.11. The molecule has 1 aliphatic heterocycles. The van der Waals surface area contributed by atoms with Crippen LogP contribution in [0.2, 0.25) is 0 Å². The fourth-order valence-corrected chi connectivity index (χ4v) is 4.94. The second kappa shape index (κ2) is 8.29. The van der Waals surface area contributed by atoms with Gasteiger partial charge >= 0.3 is 11.8 Å². The minimum absolute atomic E-state index is 0.0296. The van der Waals surface area contributed by atoms with Crippen molar-refractivity contribution < 1.29 is 22.7 Å². The van der Waals surface area contributed by atoms with Gasteiger partial charge in [0.05, 0.1) is 18.1 Å². The number of hydrogen-bond acceptors (Lipinski definition) is 5. The predicted octanol–water partition coefficient (Wildman–Crippen LogP) is 1.36. The van der Waals surface area contributed by atoms with Crippen LogP contribution in [0.15, 0.2) is 22.7 Å². The number of sulfone groups is 1. The molecule has 2 amide bonds. The lowest BCUT2D eigenvalue weighted by Gasteiger charge is -2.27. The van der Waals surface area contributed by atoms with E-state index in [1.807, 2.05) is 13.0 Å². The van der Waals surface area contributed by atoms with Gasteiger partial charge in [0.2, 0.25) is 0 Å². The summed E-state index contributed by atoms with van der Waals surface area (Å²) in [6, 6.07) is 4.79. The lowest BCUT2D eigenvalue weighted by atomic mass is 10.2. The molecule has 7 nitrogen and oxygen atoms in total. The number of carbonyl (C=O) groups excluding carboxylic acids is 2. The third-order valence-electron chi connectivity index (χ3n) is 4.08. The maximum Gasteiger partial charge on any atom is 0.313 e. The fraction of sp³-hybridized carbons (Fsp3) is 0.500. The molecule has 0 saturated carbocycles. The van der Waals surface area contributed by atoms with Crippen LogP contribution in [0.1, 0.15) is 12.0 Å². The molecular weight excluding hydrogens is 412 g/mol. The Morgan fingerprint density at radius 2 is 2.12 bits per heavy atom. The maximum atomic E-state index is 12.6. The number of hydrogen-bond donors (Lipinski definition) is 1. The summed E-state index contributed by atoms with van der Waals surface area (Å²) in [5, 5.41) is 2.60. The van der Waals surface area contributed by atoms with Crippen molar-refractivity contribution in [2.45, 2.75) is 19.4 Å². The van der Waals surface area contributed by atoms with Crippen LogP contribution in [0.3, 0.4) is 0 Å². The van der Waals surface area contributed by atoms with Crippen molar-refractivity contribution in [3.8, 4) is 0 Å². The minimum atomic E-state index is -3.17. The number of carbonyl (C=O) groups is 2. The number of halogens is 1. The second-order valence-electron chi connectivity index (χ2n) is 5.96. The maximum absolute atomic E-state index is 12.6. The molecule has 1 fully saturated rings. The Hall–Kier alpha value is -1.45. The minimum Gasteiger partial charge on any atom is -0.383 e. The molecule has 1 N–H and O–H groups in total. The molecule has 1 unspecified atom stereocenters. The fourth-order valence-electron chi connectivity index (χ4n) is 2.73. The Labute approximate surface area is 155 Å². The SMILES string of the molecule is COCCN(C(=O)C(=O)Nc1ccc(Br)cc1C)C1CCS(=O)(=O)C1. The highest BCUT2D eigenvalue weighted by molar-refractivity contribution is 9.10. The zero-order chi connectivity index (χ0) is 18.6. The van der Waals surface area contributed by atoms with E-state index >= 15 is 0 Å². The van der Waals surface area contributed by atoms with Gasteiger partial charge < -0.3 is 15.0 Å². The van der Waals surface area contributed by atoms with Crippen LogP contribution in [0.5, 0.6) is 0 Å². The van der Waals surface area contributed by atoms with Crippen molar-refractivity contribution in [2.75, 3.05) is 37.1 Å². The summed E-state index contributed by atoms with van der Waals surface area (Å²) in [6.45, 7) is 2.21. The molecule has 0 aliphatic carbocycles. The molecule has 1 heterocycles. The number of rotatable bonds is 5. The zero-order valence-electron chi connectivity index (χ0n) is 14.1. The van der Waals surface area contributed by atoms with Gasteiger partial charge in [-0.2, -0.15) is 0 Å². The van der Waals surface area contributed by atoms with Gasteiger partial charge in [0.25, 0.3) is 0 Å². The lowest BCUT2D eigenvalue weighted by Crippen LogP contribution is -2.48. The predicted molar refractivity (Wildman–Crippen MR) is 98.2 cm³/mol. The third kappa shape index (κ3) is 5.26. The van der Waals surface area contributed by atoms with E-state index in [0.29, 0.717) is 12.1 Å². The van der Waals surface area contributed by atoms with Crippen LogP contribution in [-0.2, 0) is 24.2 Å². The van der Waals surface area contributed by atoms with E-state index in [2.05, 4.69) is 21.2 Å². The van der Waals surface area contributed by atoms with Crippen LogP contribution in [0, 0.1) is 6.92 Å². The first-order valence-electron chi connectivity index (χ1n) is 7.81. The van der Waals surface area contributed by atoms with Crippen molar-refractivity contribution >= 4 is 43.3 Å². The number of ether oxygens (including phenoxy) is 1. The van der Waals surface area contributed by atoms with Gasteiger partial charge in [-0.3, -0.25) is 9.59 Å². The van der Waals surface area contributed by atoms with E-state index < -0.39 is 27.7 Å². The molecule has 1 aliphatic rings. The van der Waals surface area contributed by atoms with Gasteiger partial charge in [0.15, 0.2) is 9.84 Å². The summed E-state index contributed by atoms with van der Waals surface area (Å²) in [5.74, 6) is -1.62. The molecule has 0 radical (unpaired) electrons. The molecule has 2 rings (SSSR count). The van der Waals surface area contributed by atoms with E-state index in [1.54, 1.807) is 12.1 Å². The summed E-state index contributed by atoms with van der Waals surface area (Å²) < 4.78 is 29.3. The molecule has 0 bridgehead atoms. The van der Waals surface area contributed by atoms with E-state index in [-0.39, 0.29) is 24.7 Å². The molecule has 25 heavy (non-hydrogen) atoms. The summed E-state index contributed by atoms with van der Waals surface area (Å²) in [5.41, 5.74) is 1.34. The van der Waals surface area contributed by atoms with E-state index in [4.69, 9.17) is 4.74 Å². The number of nitrogens with zero attached hydrogens (tertiary/aromatic N) is 1. The van der Waals surface area contributed by atoms with Crippen molar-refractivity contribution in [1.29, 1.82) is 0 Å². The molecular formula is C16H21BrN2O5S. The van der Waals surface area contributed by atoms with Gasteiger partial charge in [-0.05, 0) is 37.1 Å². The normalized spacial score (nSPS) is 18.8. The molecule has 1 atom stereocenters. The summed E-state index contributed by atoms with van der Waals surface area (Å²) in [7, 11) is -1.68. The Morgan fingerprint density at radius 3 is 2.68 bits per heavy atom. The Morgan fingerprint density at radius 1 is 1.40 bits per heavy atom. The average molecular weight is 433 g/mol. The van der Waals surface area contributed by atoms with Gasteiger partial charge in [-0.25, -0.2) is 8.42 Å². The highest BCUT2D eigenvalue weighted by atomic mass is 79.9. The molecule has 0 spiro atoms. The topological polar surface area (TPSA) is 92.8 Å². The van der Waals surface area contributed by atoms with Gasteiger partial charge in [0.1, 0.15) is 0 Å². The van der Waals surface area contributed by atoms with Crippen LogP contribution in [0.4, 0.5) is 5.69 Å². The van der Waals surface area contributed by atoms with Crippen LogP contribution in [0.25, 0.3) is 0 Å². The largest absolute Gasteiger partial charge is 0.383 e. The number of benzene rings is 1. The van der Waals surface area contributed by atoms with E-state index in [1.165, 1.54) is 12.0 Å². The van der Waals surface area contributed by atoms with Crippen LogP contribution in [-0.4, -0.2) is 62.9 Å². The molecule has 1 aromatic rings. The number of methoxy groups -OCH3 is 1. The summed E-state index contributed by atoms with van der Waals surface area (Å²) in [6.07, 6.45) is 0.336. The Bertz CT molecular complexity index is 766. The van der Waals surface area contributed by atoms with Crippen molar-refractivity contribution in [2.24, 2.45) is 0 Å². The van der Waals surface area contributed by atoms with Crippen molar-refractivity contribution in [1.82, 2.24) is 4.90 Å². The first kappa shape index (κ1) is 19.9. The van der Waals surface area contributed by atoms with E-state index in [0.717, 1.165) is 10.0 Å². The first-order chi connectivity index (χ1) is 11.7. The summed E-state index contributed by atoms with van der Waals surface area (Å²) >= 11 is 3.34. The highest BCUT2D eigenvalue weighted by Crippen LogP contribution is 2.21. The number of aryl methyl sites for hydroxylation is 1. The van der Waals surface area contributed by atoms with E-state index in [9.17, 15) is 18.0 Å². The molecule has 138 valence electrons. The zero-order valence-corrected chi connectivity index (χ0v) is 16.5. The summed E-state index contributed by atoms with van der Waals surface area (Å²) in [4.78, 5) is 26.3. The molecule has 1 saturated heterocycles. The quantitative estimate of drug-likeness (QED) is 0.708. The standard InChI is InChI=1S/C16H21BrN2O5S/c1-11-9-12(17)3-4-14(11)18-15(20)16(21)19(6-7-24-2)13-5-8-25(22,23)10-13/h3-4,9,13H,5-8,10H2,1-2H3,(H,18,20). The van der Waals surface area contributed by atoms with Gasteiger partial charge in [0, 0.05) is 29.9 Å². The highest BCUT2D eigenvalue weighted by Gasteiger charge is 2.36. The first-order valence-corrected chi connectivity index (χ1v) is 10.4. The smallest absolute Gasteiger partial charge is 0.313 e.